The molecule has 0 saturated heterocycles. The van der Waals surface area contributed by atoms with Crippen LogP contribution in [0.25, 0.3) is 11.1 Å². The summed E-state index contributed by atoms with van der Waals surface area (Å²) in [7, 11) is 0. The number of hydrogen-bond acceptors (Lipinski definition) is 2. The third-order valence-electron chi connectivity index (χ3n) is 2.68. The molecule has 2 aromatic carbocycles. The molecule has 0 amide bonds. The predicted octanol–water partition coefficient (Wildman–Crippen LogP) is 3.20. The molecule has 0 saturated carbocycles. The van der Waals surface area contributed by atoms with E-state index in [9.17, 15) is 19.4 Å². The van der Waals surface area contributed by atoms with Crippen LogP contribution in [-0.2, 0) is 0 Å². The van der Waals surface area contributed by atoms with Gasteiger partial charge in [-0.3, -0.25) is 0 Å². The van der Waals surface area contributed by atoms with E-state index < -0.39 is 11.8 Å². The van der Waals surface area contributed by atoms with Crippen molar-refractivity contribution in [1.82, 2.24) is 0 Å². The van der Waals surface area contributed by atoms with Crippen LogP contribution in [0.3, 0.4) is 0 Å². The first-order valence-electron chi connectivity index (χ1n) is 5.32. The third-order valence-corrected chi connectivity index (χ3v) is 2.68. The smallest absolute Gasteiger partial charge is 0.336 e. The van der Waals surface area contributed by atoms with Gasteiger partial charge in [0.2, 0.25) is 0 Å². The van der Waals surface area contributed by atoms with Gasteiger partial charge in [0.1, 0.15) is 11.6 Å². The molecule has 2 rings (SSSR count). The molecule has 0 aliphatic rings. The number of hydrogen-bond donors (Lipinski definition) is 2. The van der Waals surface area contributed by atoms with Gasteiger partial charge in [0, 0.05) is 6.07 Å². The quantitative estimate of drug-likeness (QED) is 0.855. The maximum atomic E-state index is 13.2. The third kappa shape index (κ3) is 2.18. The van der Waals surface area contributed by atoms with Crippen molar-refractivity contribution >= 4 is 5.97 Å². The fourth-order valence-electron chi connectivity index (χ4n) is 1.92. The number of benzene rings is 2. The SMILES string of the molecule is Cc1cccc(-c2cc(O)cc(F)c2)c1C(=O)O. The zero-order valence-corrected chi connectivity index (χ0v) is 9.64. The summed E-state index contributed by atoms with van der Waals surface area (Å²) in [5.41, 5.74) is 1.43. The molecule has 0 heterocycles. The minimum absolute atomic E-state index is 0.113. The normalized spacial score (nSPS) is 10.3. The number of phenols is 1. The number of aromatic hydroxyl groups is 1. The summed E-state index contributed by atoms with van der Waals surface area (Å²) in [4.78, 5) is 11.2. The Hall–Kier alpha value is -2.36. The summed E-state index contributed by atoms with van der Waals surface area (Å²) in [6.07, 6.45) is 0. The van der Waals surface area contributed by atoms with E-state index in [4.69, 9.17) is 0 Å². The molecule has 18 heavy (non-hydrogen) atoms. The maximum Gasteiger partial charge on any atom is 0.336 e. The fourth-order valence-corrected chi connectivity index (χ4v) is 1.92. The maximum absolute atomic E-state index is 13.2. The molecule has 0 aliphatic carbocycles. The first kappa shape index (κ1) is 12.1. The Bertz CT molecular complexity index is 600. The van der Waals surface area contributed by atoms with Gasteiger partial charge in [0.05, 0.1) is 5.56 Å². The average Bonchev–Trinajstić information content (AvgIpc) is 2.26. The summed E-state index contributed by atoms with van der Waals surface area (Å²) in [5, 5.41) is 18.6. The molecule has 4 heteroatoms. The lowest BCUT2D eigenvalue weighted by atomic mass is 9.96. The number of carboxylic acid groups (broad SMARTS) is 1. The van der Waals surface area contributed by atoms with Crippen LogP contribution in [-0.4, -0.2) is 16.2 Å². The van der Waals surface area contributed by atoms with Gasteiger partial charge in [-0.05, 0) is 35.7 Å². The number of carbonyl (C=O) groups is 1. The van der Waals surface area contributed by atoms with Crippen LogP contribution in [0.4, 0.5) is 4.39 Å². The molecule has 2 aromatic rings. The van der Waals surface area contributed by atoms with Crippen molar-refractivity contribution in [3.05, 3.63) is 53.3 Å². The average molecular weight is 246 g/mol. The van der Waals surface area contributed by atoms with E-state index in [1.54, 1.807) is 25.1 Å². The molecule has 0 unspecified atom stereocenters. The second-order valence-corrected chi connectivity index (χ2v) is 4.00. The van der Waals surface area contributed by atoms with Crippen LogP contribution in [0, 0.1) is 12.7 Å². The van der Waals surface area contributed by atoms with Crippen molar-refractivity contribution in [1.29, 1.82) is 0 Å². The number of rotatable bonds is 2. The zero-order chi connectivity index (χ0) is 13.3. The van der Waals surface area contributed by atoms with Gasteiger partial charge in [-0.2, -0.15) is 0 Å². The van der Waals surface area contributed by atoms with Crippen molar-refractivity contribution in [3.8, 4) is 16.9 Å². The number of aromatic carboxylic acids is 1. The lowest BCUT2D eigenvalue weighted by molar-refractivity contribution is 0.0697. The molecule has 0 bridgehead atoms. The van der Waals surface area contributed by atoms with Crippen LogP contribution < -0.4 is 0 Å². The van der Waals surface area contributed by atoms with Crippen molar-refractivity contribution in [3.63, 3.8) is 0 Å². The molecular weight excluding hydrogens is 235 g/mol. The Morgan fingerprint density at radius 3 is 2.56 bits per heavy atom. The second-order valence-electron chi connectivity index (χ2n) is 4.00. The zero-order valence-electron chi connectivity index (χ0n) is 9.64. The van der Waals surface area contributed by atoms with Gasteiger partial charge in [0.15, 0.2) is 0 Å². The fraction of sp³-hybridized carbons (Fsp3) is 0.0714. The Labute approximate surface area is 103 Å². The van der Waals surface area contributed by atoms with Gasteiger partial charge in [-0.15, -0.1) is 0 Å². The molecule has 0 aromatic heterocycles. The Morgan fingerprint density at radius 2 is 1.94 bits per heavy atom. The highest BCUT2D eigenvalue weighted by Crippen LogP contribution is 2.29. The minimum atomic E-state index is -1.08. The predicted molar refractivity (Wildman–Crippen MR) is 65.2 cm³/mol. The van der Waals surface area contributed by atoms with Gasteiger partial charge >= 0.3 is 5.97 Å². The minimum Gasteiger partial charge on any atom is -0.508 e. The van der Waals surface area contributed by atoms with Crippen LogP contribution in [0.5, 0.6) is 5.75 Å². The standard InChI is InChI=1S/C14H11FO3/c1-8-3-2-4-12(13(8)14(17)18)9-5-10(15)7-11(16)6-9/h2-7,16H,1H3,(H,17,18). The summed E-state index contributed by atoms with van der Waals surface area (Å²) in [5.74, 6) is -1.92. The van der Waals surface area contributed by atoms with E-state index in [-0.39, 0.29) is 11.3 Å². The highest BCUT2D eigenvalue weighted by molar-refractivity contribution is 5.97. The van der Waals surface area contributed by atoms with E-state index in [1.807, 2.05) is 0 Å². The highest BCUT2D eigenvalue weighted by Gasteiger charge is 2.15. The number of carboxylic acids is 1. The van der Waals surface area contributed by atoms with Crippen LogP contribution in [0.2, 0.25) is 0 Å². The highest BCUT2D eigenvalue weighted by atomic mass is 19.1. The van der Waals surface area contributed by atoms with Crippen LogP contribution in [0.15, 0.2) is 36.4 Å². The Morgan fingerprint density at radius 1 is 1.22 bits per heavy atom. The van der Waals surface area contributed by atoms with Crippen molar-refractivity contribution in [2.24, 2.45) is 0 Å². The summed E-state index contributed by atoms with van der Waals surface area (Å²) in [6.45, 7) is 1.67. The van der Waals surface area contributed by atoms with E-state index in [2.05, 4.69) is 0 Å². The first-order valence-corrected chi connectivity index (χ1v) is 5.32. The monoisotopic (exact) mass is 246 g/mol. The van der Waals surface area contributed by atoms with Gasteiger partial charge < -0.3 is 10.2 Å². The summed E-state index contributed by atoms with van der Waals surface area (Å²) < 4.78 is 13.2. The summed E-state index contributed by atoms with van der Waals surface area (Å²) >= 11 is 0. The number of phenolic OH excluding ortho intramolecular Hbond substituents is 1. The van der Waals surface area contributed by atoms with E-state index >= 15 is 0 Å². The molecule has 3 nitrogen and oxygen atoms in total. The van der Waals surface area contributed by atoms with Crippen LogP contribution >= 0.6 is 0 Å². The van der Waals surface area contributed by atoms with Gasteiger partial charge in [-0.1, -0.05) is 18.2 Å². The van der Waals surface area contributed by atoms with Gasteiger partial charge in [-0.25, -0.2) is 9.18 Å². The molecule has 0 radical (unpaired) electrons. The Balaban J connectivity index is 2.71. The van der Waals surface area contributed by atoms with Crippen molar-refractivity contribution in [2.45, 2.75) is 6.92 Å². The molecule has 0 spiro atoms. The molecule has 0 fully saturated rings. The van der Waals surface area contributed by atoms with E-state index in [0.717, 1.165) is 6.07 Å². The molecule has 0 aliphatic heterocycles. The van der Waals surface area contributed by atoms with E-state index in [0.29, 0.717) is 16.7 Å². The molecule has 2 N–H and O–H groups in total. The van der Waals surface area contributed by atoms with Crippen molar-refractivity contribution < 1.29 is 19.4 Å². The number of aryl methyl sites for hydroxylation is 1. The summed E-state index contributed by atoms with van der Waals surface area (Å²) in [6, 6.07) is 8.46. The second kappa shape index (κ2) is 4.49. The topological polar surface area (TPSA) is 57.5 Å². The van der Waals surface area contributed by atoms with Crippen molar-refractivity contribution in [2.75, 3.05) is 0 Å². The Kier molecular flexibility index (Phi) is 3.02. The van der Waals surface area contributed by atoms with Crippen LogP contribution in [0.1, 0.15) is 15.9 Å². The number of halogens is 1. The molecule has 92 valence electrons. The molecular formula is C14H11FO3. The molecule has 0 atom stereocenters. The lowest BCUT2D eigenvalue weighted by Gasteiger charge is -2.09. The first-order chi connectivity index (χ1) is 8.49. The van der Waals surface area contributed by atoms with E-state index in [1.165, 1.54) is 12.1 Å². The van der Waals surface area contributed by atoms with Gasteiger partial charge in [0.25, 0.3) is 0 Å². The largest absolute Gasteiger partial charge is 0.508 e. The lowest BCUT2D eigenvalue weighted by Crippen LogP contribution is -2.02.